The Labute approximate surface area is 120 Å². The van der Waals surface area contributed by atoms with Crippen LogP contribution in [0.2, 0.25) is 5.15 Å². The maximum absolute atomic E-state index is 6.00. The number of nitrogens with zero attached hydrogens (tertiary/aromatic N) is 3. The van der Waals surface area contributed by atoms with Crippen LogP contribution >= 0.6 is 24.0 Å². The first kappa shape index (κ1) is 15.6. The van der Waals surface area contributed by atoms with E-state index in [-0.39, 0.29) is 12.4 Å². The summed E-state index contributed by atoms with van der Waals surface area (Å²) in [5.74, 6) is 0. The SMILES string of the molecule is CN(Cc1nccnc1Cl)CC1CCCCN1.Cl. The maximum Gasteiger partial charge on any atom is 0.151 e. The molecule has 1 atom stereocenters. The highest BCUT2D eigenvalue weighted by atomic mass is 35.5. The first-order chi connectivity index (χ1) is 8.25. The summed E-state index contributed by atoms with van der Waals surface area (Å²) in [7, 11) is 2.10. The van der Waals surface area contributed by atoms with E-state index in [9.17, 15) is 0 Å². The first-order valence-corrected chi connectivity index (χ1v) is 6.51. The molecule has 2 rings (SSSR count). The standard InChI is InChI=1S/C12H19ClN4.ClH/c1-17(8-10-4-2-3-5-14-10)9-11-12(13)16-7-6-15-11;/h6-7,10,14H,2-5,8-9H2,1H3;1H. The molecular weight excluding hydrogens is 271 g/mol. The molecule has 1 aromatic rings. The third kappa shape index (κ3) is 4.69. The smallest absolute Gasteiger partial charge is 0.151 e. The summed E-state index contributed by atoms with van der Waals surface area (Å²) in [6.07, 6.45) is 7.20. The molecule has 1 aliphatic rings. The van der Waals surface area contributed by atoms with Gasteiger partial charge in [-0.15, -0.1) is 12.4 Å². The second-order valence-electron chi connectivity index (χ2n) is 4.64. The summed E-state index contributed by atoms with van der Waals surface area (Å²) in [5, 5.41) is 4.05. The molecule has 102 valence electrons. The number of piperidine rings is 1. The second kappa shape index (κ2) is 7.89. The number of hydrogen-bond donors (Lipinski definition) is 1. The molecule has 0 amide bonds. The molecule has 6 heteroatoms. The van der Waals surface area contributed by atoms with Gasteiger partial charge in [-0.25, -0.2) is 4.98 Å². The molecule has 1 aliphatic heterocycles. The Morgan fingerprint density at radius 2 is 2.17 bits per heavy atom. The van der Waals surface area contributed by atoms with Gasteiger partial charge in [0.1, 0.15) is 0 Å². The molecule has 0 bridgehead atoms. The van der Waals surface area contributed by atoms with E-state index in [1.54, 1.807) is 12.4 Å². The van der Waals surface area contributed by atoms with Gasteiger partial charge >= 0.3 is 0 Å². The fraction of sp³-hybridized carbons (Fsp3) is 0.667. The molecule has 18 heavy (non-hydrogen) atoms. The van der Waals surface area contributed by atoms with Crippen LogP contribution in [-0.4, -0.2) is 41.0 Å². The van der Waals surface area contributed by atoms with Crippen LogP contribution in [0.15, 0.2) is 12.4 Å². The van der Waals surface area contributed by atoms with Gasteiger partial charge in [-0.2, -0.15) is 0 Å². The molecular formula is C12H20Cl2N4. The molecule has 1 N–H and O–H groups in total. The van der Waals surface area contributed by atoms with E-state index in [1.165, 1.54) is 19.3 Å². The van der Waals surface area contributed by atoms with Crippen LogP contribution in [0.1, 0.15) is 25.0 Å². The van der Waals surface area contributed by atoms with Crippen molar-refractivity contribution < 1.29 is 0 Å². The lowest BCUT2D eigenvalue weighted by Crippen LogP contribution is -2.42. The van der Waals surface area contributed by atoms with Crippen LogP contribution in [0.25, 0.3) is 0 Å². The topological polar surface area (TPSA) is 41.1 Å². The Hall–Kier alpha value is -0.420. The molecule has 0 aliphatic carbocycles. The number of nitrogens with one attached hydrogen (secondary N) is 1. The molecule has 4 nitrogen and oxygen atoms in total. The summed E-state index contributed by atoms with van der Waals surface area (Å²) in [4.78, 5) is 10.5. The molecule has 0 spiro atoms. The van der Waals surface area contributed by atoms with Crippen molar-refractivity contribution in [1.29, 1.82) is 0 Å². The fourth-order valence-electron chi connectivity index (χ4n) is 2.23. The largest absolute Gasteiger partial charge is 0.313 e. The van der Waals surface area contributed by atoms with Crippen LogP contribution in [0.5, 0.6) is 0 Å². The van der Waals surface area contributed by atoms with Crippen molar-refractivity contribution in [2.45, 2.75) is 31.8 Å². The van der Waals surface area contributed by atoms with E-state index in [0.29, 0.717) is 11.2 Å². The zero-order chi connectivity index (χ0) is 12.1. The van der Waals surface area contributed by atoms with Gasteiger partial charge in [0, 0.05) is 31.5 Å². The number of hydrogen-bond acceptors (Lipinski definition) is 4. The Morgan fingerprint density at radius 3 is 2.83 bits per heavy atom. The van der Waals surface area contributed by atoms with E-state index in [2.05, 4.69) is 27.2 Å². The highest BCUT2D eigenvalue weighted by Crippen LogP contribution is 2.12. The summed E-state index contributed by atoms with van der Waals surface area (Å²) in [5.41, 5.74) is 0.854. The van der Waals surface area contributed by atoms with Crippen molar-refractivity contribution >= 4 is 24.0 Å². The van der Waals surface area contributed by atoms with Crippen molar-refractivity contribution in [2.75, 3.05) is 20.1 Å². The van der Waals surface area contributed by atoms with Crippen LogP contribution < -0.4 is 5.32 Å². The average molecular weight is 291 g/mol. The Balaban J connectivity index is 0.00000162. The van der Waals surface area contributed by atoms with Gasteiger partial charge in [-0.1, -0.05) is 18.0 Å². The van der Waals surface area contributed by atoms with E-state index in [1.807, 2.05) is 0 Å². The van der Waals surface area contributed by atoms with E-state index < -0.39 is 0 Å². The maximum atomic E-state index is 6.00. The zero-order valence-electron chi connectivity index (χ0n) is 10.6. The summed E-state index contributed by atoms with van der Waals surface area (Å²) < 4.78 is 0. The second-order valence-corrected chi connectivity index (χ2v) is 5.00. The van der Waals surface area contributed by atoms with Crippen LogP contribution in [0.4, 0.5) is 0 Å². The third-order valence-electron chi connectivity index (χ3n) is 3.09. The lowest BCUT2D eigenvalue weighted by molar-refractivity contribution is 0.254. The number of aromatic nitrogens is 2. The molecule has 1 unspecified atom stereocenters. The highest BCUT2D eigenvalue weighted by Gasteiger charge is 2.15. The summed E-state index contributed by atoms with van der Waals surface area (Å²) >= 11 is 6.00. The van der Waals surface area contributed by atoms with Gasteiger partial charge in [0.05, 0.1) is 5.69 Å². The lowest BCUT2D eigenvalue weighted by atomic mass is 10.0. The van der Waals surface area contributed by atoms with Gasteiger partial charge in [-0.05, 0) is 26.4 Å². The molecule has 0 saturated carbocycles. The quantitative estimate of drug-likeness (QED) is 0.922. The summed E-state index contributed by atoms with van der Waals surface area (Å²) in [6.45, 7) is 2.93. The zero-order valence-corrected chi connectivity index (χ0v) is 12.2. The summed E-state index contributed by atoms with van der Waals surface area (Å²) in [6, 6.07) is 0.601. The molecule has 0 aromatic carbocycles. The predicted molar refractivity (Wildman–Crippen MR) is 76.3 cm³/mol. The van der Waals surface area contributed by atoms with Gasteiger partial charge < -0.3 is 5.32 Å². The van der Waals surface area contributed by atoms with Crippen molar-refractivity contribution in [2.24, 2.45) is 0 Å². The molecule has 0 radical (unpaired) electrons. The van der Waals surface area contributed by atoms with Crippen LogP contribution in [0.3, 0.4) is 0 Å². The minimum atomic E-state index is 0. The third-order valence-corrected chi connectivity index (χ3v) is 3.40. The predicted octanol–water partition coefficient (Wildman–Crippen LogP) is 2.13. The van der Waals surface area contributed by atoms with Gasteiger partial charge in [0.25, 0.3) is 0 Å². The monoisotopic (exact) mass is 290 g/mol. The number of rotatable bonds is 4. The number of halogens is 2. The molecule has 1 fully saturated rings. The normalized spacial score (nSPS) is 19.6. The van der Waals surface area contributed by atoms with E-state index in [4.69, 9.17) is 11.6 Å². The van der Waals surface area contributed by atoms with Crippen molar-refractivity contribution in [3.63, 3.8) is 0 Å². The van der Waals surface area contributed by atoms with Crippen LogP contribution in [0, 0.1) is 0 Å². The fourth-order valence-corrected chi connectivity index (χ4v) is 2.40. The first-order valence-electron chi connectivity index (χ1n) is 6.13. The minimum Gasteiger partial charge on any atom is -0.313 e. The average Bonchev–Trinajstić information content (AvgIpc) is 2.33. The van der Waals surface area contributed by atoms with Crippen LogP contribution in [-0.2, 0) is 6.54 Å². The Bertz CT molecular complexity index is 356. The van der Waals surface area contributed by atoms with Crippen molar-refractivity contribution in [1.82, 2.24) is 20.2 Å². The van der Waals surface area contributed by atoms with Crippen molar-refractivity contribution in [3.8, 4) is 0 Å². The van der Waals surface area contributed by atoms with Gasteiger partial charge in [0.15, 0.2) is 5.15 Å². The minimum absolute atomic E-state index is 0. The Morgan fingerprint density at radius 1 is 1.39 bits per heavy atom. The number of likely N-dealkylation sites (N-methyl/N-ethyl adjacent to an activating group) is 1. The Kier molecular flexibility index (Phi) is 6.86. The van der Waals surface area contributed by atoms with Crippen molar-refractivity contribution in [3.05, 3.63) is 23.2 Å². The van der Waals surface area contributed by atoms with E-state index in [0.717, 1.165) is 25.3 Å². The lowest BCUT2D eigenvalue weighted by Gasteiger charge is -2.28. The van der Waals surface area contributed by atoms with Gasteiger partial charge in [-0.3, -0.25) is 9.88 Å². The van der Waals surface area contributed by atoms with Gasteiger partial charge in [0.2, 0.25) is 0 Å². The molecule has 1 aromatic heterocycles. The molecule has 2 heterocycles. The highest BCUT2D eigenvalue weighted by molar-refractivity contribution is 6.29. The molecule has 1 saturated heterocycles. The van der Waals surface area contributed by atoms with E-state index >= 15 is 0 Å².